The van der Waals surface area contributed by atoms with Crippen LogP contribution in [0.5, 0.6) is 0 Å². The highest BCUT2D eigenvalue weighted by Gasteiger charge is 2.29. The lowest BCUT2D eigenvalue weighted by atomic mass is 10.0. The summed E-state index contributed by atoms with van der Waals surface area (Å²) in [4.78, 5) is 0. The lowest BCUT2D eigenvalue weighted by molar-refractivity contribution is 0.470. The average molecular weight is 221 g/mol. The van der Waals surface area contributed by atoms with Gasteiger partial charge in [0, 0.05) is 6.04 Å². The lowest BCUT2D eigenvalue weighted by Crippen LogP contribution is -2.27. The van der Waals surface area contributed by atoms with Gasteiger partial charge in [0.05, 0.1) is 0 Å². The van der Waals surface area contributed by atoms with Gasteiger partial charge < -0.3 is 5.32 Å². The van der Waals surface area contributed by atoms with E-state index in [9.17, 15) is 4.39 Å². The second-order valence-electron chi connectivity index (χ2n) is 4.85. The lowest BCUT2D eigenvalue weighted by Gasteiger charge is -2.15. The van der Waals surface area contributed by atoms with Crippen LogP contribution in [0.3, 0.4) is 0 Å². The second-order valence-corrected chi connectivity index (χ2v) is 4.85. The van der Waals surface area contributed by atoms with Crippen molar-refractivity contribution < 1.29 is 4.39 Å². The van der Waals surface area contributed by atoms with Crippen molar-refractivity contribution in [2.24, 2.45) is 5.92 Å². The zero-order chi connectivity index (χ0) is 11.5. The molecule has 1 fully saturated rings. The van der Waals surface area contributed by atoms with Crippen LogP contribution >= 0.6 is 0 Å². The highest BCUT2D eigenvalue weighted by Crippen LogP contribution is 2.34. The molecule has 1 nitrogen and oxygen atoms in total. The summed E-state index contributed by atoms with van der Waals surface area (Å²) in [7, 11) is 2.04. The summed E-state index contributed by atoms with van der Waals surface area (Å²) in [6.45, 7) is 1.83. The molecule has 1 unspecified atom stereocenters. The van der Waals surface area contributed by atoms with Crippen LogP contribution in [0.15, 0.2) is 18.2 Å². The zero-order valence-electron chi connectivity index (χ0n) is 10.1. The Bertz CT molecular complexity index is 358. The van der Waals surface area contributed by atoms with Crippen LogP contribution in [0, 0.1) is 18.7 Å². The van der Waals surface area contributed by atoms with E-state index in [1.165, 1.54) is 18.4 Å². The molecule has 88 valence electrons. The first kappa shape index (κ1) is 11.6. The number of hydrogen-bond donors (Lipinski definition) is 1. The van der Waals surface area contributed by atoms with Crippen molar-refractivity contribution in [2.75, 3.05) is 7.05 Å². The molecule has 0 heterocycles. The molecule has 1 atom stereocenters. The van der Waals surface area contributed by atoms with Gasteiger partial charge in [-0.15, -0.1) is 0 Å². The summed E-state index contributed by atoms with van der Waals surface area (Å²) in [5, 5.41) is 3.39. The van der Waals surface area contributed by atoms with E-state index in [1.807, 2.05) is 26.1 Å². The molecule has 0 bridgehead atoms. The molecule has 0 radical (unpaired) electrons. The summed E-state index contributed by atoms with van der Waals surface area (Å²) in [6, 6.07) is 6.10. The minimum atomic E-state index is -0.101. The maximum absolute atomic E-state index is 13.1. The molecule has 1 saturated carbocycles. The second kappa shape index (κ2) is 4.96. The number of hydrogen-bond acceptors (Lipinski definition) is 1. The van der Waals surface area contributed by atoms with Crippen molar-refractivity contribution in [3.8, 4) is 0 Å². The van der Waals surface area contributed by atoms with Gasteiger partial charge in [-0.05, 0) is 62.8 Å². The first-order valence-corrected chi connectivity index (χ1v) is 6.13. The van der Waals surface area contributed by atoms with Crippen molar-refractivity contribution >= 4 is 0 Å². The number of halogens is 1. The molecular weight excluding hydrogens is 201 g/mol. The van der Waals surface area contributed by atoms with Gasteiger partial charge in [-0.1, -0.05) is 12.1 Å². The molecule has 1 aliphatic carbocycles. The Morgan fingerprint density at radius 1 is 1.44 bits per heavy atom. The van der Waals surface area contributed by atoms with Gasteiger partial charge in [0.25, 0.3) is 0 Å². The first-order valence-electron chi connectivity index (χ1n) is 6.13. The highest BCUT2D eigenvalue weighted by atomic mass is 19.1. The van der Waals surface area contributed by atoms with Gasteiger partial charge in [-0.25, -0.2) is 4.39 Å². The fourth-order valence-electron chi connectivity index (χ4n) is 2.30. The summed E-state index contributed by atoms with van der Waals surface area (Å²) < 4.78 is 13.1. The molecule has 16 heavy (non-hydrogen) atoms. The molecule has 0 spiro atoms. The van der Waals surface area contributed by atoms with Gasteiger partial charge in [0.1, 0.15) is 5.82 Å². The van der Waals surface area contributed by atoms with Gasteiger partial charge >= 0.3 is 0 Å². The fraction of sp³-hybridized carbons (Fsp3) is 0.571. The van der Waals surface area contributed by atoms with E-state index in [1.54, 1.807) is 6.07 Å². The van der Waals surface area contributed by atoms with Crippen LogP contribution in [0.25, 0.3) is 0 Å². The Balaban J connectivity index is 1.90. The number of nitrogens with one attached hydrogen (secondary N) is 1. The molecule has 1 aromatic carbocycles. The van der Waals surface area contributed by atoms with Crippen LogP contribution in [-0.2, 0) is 6.42 Å². The SMILES string of the molecule is CNC(CCc1ccc(F)c(C)c1)C1CC1. The molecule has 1 N–H and O–H groups in total. The minimum absolute atomic E-state index is 0.101. The normalized spacial score (nSPS) is 17.4. The Morgan fingerprint density at radius 3 is 2.75 bits per heavy atom. The van der Waals surface area contributed by atoms with E-state index < -0.39 is 0 Å². The fourth-order valence-corrected chi connectivity index (χ4v) is 2.30. The van der Waals surface area contributed by atoms with Gasteiger partial charge in [0.2, 0.25) is 0 Å². The molecule has 1 aromatic rings. The van der Waals surface area contributed by atoms with Gasteiger partial charge in [-0.2, -0.15) is 0 Å². The van der Waals surface area contributed by atoms with Gasteiger partial charge in [0.15, 0.2) is 0 Å². The number of aryl methyl sites for hydroxylation is 2. The van der Waals surface area contributed by atoms with Crippen molar-refractivity contribution in [3.63, 3.8) is 0 Å². The maximum atomic E-state index is 13.1. The molecule has 0 aromatic heterocycles. The largest absolute Gasteiger partial charge is 0.317 e. The summed E-state index contributed by atoms with van der Waals surface area (Å²) in [6.07, 6.45) is 4.94. The zero-order valence-corrected chi connectivity index (χ0v) is 10.1. The first-order chi connectivity index (χ1) is 7.70. The summed E-state index contributed by atoms with van der Waals surface area (Å²) >= 11 is 0. The predicted molar refractivity (Wildman–Crippen MR) is 65.0 cm³/mol. The van der Waals surface area contributed by atoms with Crippen LogP contribution in [0.4, 0.5) is 4.39 Å². The third-order valence-electron chi connectivity index (χ3n) is 3.53. The van der Waals surface area contributed by atoms with Crippen LogP contribution in [0.1, 0.15) is 30.4 Å². The molecule has 0 aliphatic heterocycles. The Labute approximate surface area is 97.1 Å². The van der Waals surface area contributed by atoms with E-state index in [0.717, 1.165) is 24.3 Å². The average Bonchev–Trinajstić information content (AvgIpc) is 3.08. The van der Waals surface area contributed by atoms with Crippen molar-refractivity contribution in [2.45, 2.75) is 38.6 Å². The topological polar surface area (TPSA) is 12.0 Å². The summed E-state index contributed by atoms with van der Waals surface area (Å²) in [5.74, 6) is 0.780. The molecule has 2 heteroatoms. The third kappa shape index (κ3) is 2.82. The number of benzene rings is 1. The van der Waals surface area contributed by atoms with Crippen molar-refractivity contribution in [1.82, 2.24) is 5.32 Å². The number of rotatable bonds is 5. The standard InChI is InChI=1S/C14H20FN/c1-10-9-11(3-7-13(10)15)4-8-14(16-2)12-5-6-12/h3,7,9,12,14,16H,4-6,8H2,1-2H3. The van der Waals surface area contributed by atoms with E-state index >= 15 is 0 Å². The molecule has 1 aliphatic rings. The van der Waals surface area contributed by atoms with Crippen LogP contribution in [-0.4, -0.2) is 13.1 Å². The van der Waals surface area contributed by atoms with Crippen molar-refractivity contribution in [1.29, 1.82) is 0 Å². The van der Waals surface area contributed by atoms with E-state index in [4.69, 9.17) is 0 Å². The Hall–Kier alpha value is -0.890. The molecule has 0 saturated heterocycles. The smallest absolute Gasteiger partial charge is 0.126 e. The van der Waals surface area contributed by atoms with Crippen LogP contribution < -0.4 is 5.32 Å². The molecule has 0 amide bonds. The van der Waals surface area contributed by atoms with E-state index in [-0.39, 0.29) is 5.82 Å². The summed E-state index contributed by atoms with van der Waals surface area (Å²) in [5.41, 5.74) is 2.00. The van der Waals surface area contributed by atoms with E-state index in [0.29, 0.717) is 6.04 Å². The maximum Gasteiger partial charge on any atom is 0.126 e. The van der Waals surface area contributed by atoms with Crippen LogP contribution in [0.2, 0.25) is 0 Å². The quantitative estimate of drug-likeness (QED) is 0.805. The van der Waals surface area contributed by atoms with Gasteiger partial charge in [-0.3, -0.25) is 0 Å². The monoisotopic (exact) mass is 221 g/mol. The third-order valence-corrected chi connectivity index (χ3v) is 3.53. The Kier molecular flexibility index (Phi) is 3.59. The minimum Gasteiger partial charge on any atom is -0.317 e. The molecular formula is C14H20FN. The van der Waals surface area contributed by atoms with E-state index in [2.05, 4.69) is 5.32 Å². The molecule has 2 rings (SSSR count). The highest BCUT2D eigenvalue weighted by molar-refractivity contribution is 5.24. The predicted octanol–water partition coefficient (Wildman–Crippen LogP) is 3.06. The Morgan fingerprint density at radius 2 is 2.19 bits per heavy atom. The van der Waals surface area contributed by atoms with Crippen molar-refractivity contribution in [3.05, 3.63) is 35.1 Å².